The Morgan fingerprint density at radius 2 is 1.19 bits per heavy atom. The quantitative estimate of drug-likeness (QED) is 0.127. The number of rotatable bonds is 14. The molecule has 8 nitrogen and oxygen atoms in total. The second kappa shape index (κ2) is 17.4. The molecule has 0 spiro atoms. The molecular weight excluding hydrogens is 578 g/mol. The van der Waals surface area contributed by atoms with E-state index in [1.807, 2.05) is 36.0 Å². The van der Waals surface area contributed by atoms with Crippen LogP contribution in [0.4, 0.5) is 0 Å². The lowest BCUT2D eigenvalue weighted by Crippen LogP contribution is -2.42. The van der Waals surface area contributed by atoms with Crippen molar-refractivity contribution in [3.63, 3.8) is 0 Å². The number of nitrogens with zero attached hydrogens (tertiary/aromatic N) is 1. The van der Waals surface area contributed by atoms with Crippen LogP contribution in [0.25, 0.3) is 10.6 Å². The van der Waals surface area contributed by atoms with Gasteiger partial charge in [0, 0.05) is 22.8 Å². The van der Waals surface area contributed by atoms with Crippen LogP contribution in [0.1, 0.15) is 43.4 Å². The second-order valence-electron chi connectivity index (χ2n) is 9.30. The third kappa shape index (κ3) is 11.0. The van der Waals surface area contributed by atoms with Crippen LogP contribution in [0.15, 0.2) is 89.8 Å². The van der Waals surface area contributed by atoms with Crippen molar-refractivity contribution in [2.45, 2.75) is 37.2 Å². The average Bonchev–Trinajstić information content (AvgIpc) is 2.96. The summed E-state index contributed by atoms with van der Waals surface area (Å²) >= 11 is 8.81. The Morgan fingerprint density at radius 3 is 1.62 bits per heavy atom. The summed E-state index contributed by atoms with van der Waals surface area (Å²) in [6.07, 6.45) is -2.29. The van der Waals surface area contributed by atoms with Gasteiger partial charge >= 0.3 is 17.9 Å². The second-order valence-corrected chi connectivity index (χ2v) is 10.8. The lowest BCUT2D eigenvalue weighted by molar-refractivity contribution is -0.170. The number of aliphatic carboxylic acids is 3. The minimum atomic E-state index is -2.74. The molecule has 0 saturated carbocycles. The number of carbonyl (C=O) groups is 3. The summed E-state index contributed by atoms with van der Waals surface area (Å²) in [6, 6.07) is 29.4. The van der Waals surface area contributed by atoms with Crippen LogP contribution >= 0.6 is 23.4 Å². The number of thioether (sulfide) groups is 1. The first-order chi connectivity index (χ1) is 20.0. The van der Waals surface area contributed by atoms with Crippen LogP contribution in [-0.2, 0) is 14.4 Å². The Balaban J connectivity index is 0.000000401. The van der Waals surface area contributed by atoms with Gasteiger partial charge in [0.05, 0.1) is 17.9 Å². The van der Waals surface area contributed by atoms with Gasteiger partial charge in [-0.15, -0.1) is 11.8 Å². The average molecular weight is 614 g/mol. The monoisotopic (exact) mass is 613 g/mol. The van der Waals surface area contributed by atoms with E-state index in [4.69, 9.17) is 32.0 Å². The molecule has 3 aromatic carbocycles. The lowest BCUT2D eigenvalue weighted by atomic mass is 9.95. The number of hydrogen-bond donors (Lipinski definition) is 4. The number of carboxylic acid groups (broad SMARTS) is 3. The molecule has 3 aromatic rings. The molecule has 0 amide bonds. The van der Waals surface area contributed by atoms with Gasteiger partial charge in [-0.3, -0.25) is 9.59 Å². The van der Waals surface area contributed by atoms with Crippen molar-refractivity contribution < 1.29 is 34.8 Å². The molecule has 0 aliphatic carbocycles. The third-order valence-corrected chi connectivity index (χ3v) is 7.71. The van der Waals surface area contributed by atoms with Crippen molar-refractivity contribution in [3.8, 4) is 0 Å². The summed E-state index contributed by atoms with van der Waals surface area (Å²) in [6.45, 7) is 7.78. The van der Waals surface area contributed by atoms with E-state index in [0.29, 0.717) is 0 Å². The third-order valence-electron chi connectivity index (χ3n) is 6.31. The predicted molar refractivity (Wildman–Crippen MR) is 167 cm³/mol. The van der Waals surface area contributed by atoms with Gasteiger partial charge < -0.3 is 25.3 Å². The van der Waals surface area contributed by atoms with Gasteiger partial charge in [-0.2, -0.15) is 0 Å². The summed E-state index contributed by atoms with van der Waals surface area (Å²) in [4.78, 5) is 34.2. The highest BCUT2D eigenvalue weighted by molar-refractivity contribution is 7.99. The molecule has 0 atom stereocenters. The molecule has 10 heteroatoms. The molecule has 0 aromatic heterocycles. The van der Waals surface area contributed by atoms with Crippen molar-refractivity contribution in [1.82, 2.24) is 4.90 Å². The van der Waals surface area contributed by atoms with Crippen LogP contribution in [0, 0.1) is 0 Å². The fourth-order valence-electron chi connectivity index (χ4n) is 4.02. The highest BCUT2D eigenvalue weighted by atomic mass is 35.5. The molecule has 0 radical (unpaired) electrons. The van der Waals surface area contributed by atoms with Crippen LogP contribution in [0.2, 0.25) is 0 Å². The molecule has 0 aliphatic rings. The summed E-state index contributed by atoms with van der Waals surface area (Å²) in [5, 5.41) is 34.6. The first kappa shape index (κ1) is 34.6. The highest BCUT2D eigenvalue weighted by Gasteiger charge is 2.40. The SMILES string of the molecule is CCN(CC)CCSc1ccc(C(=C(Cl)c2ccccc2)c2ccccc2)cc1.O=C(O)CC(O)(CC(=O)O)C(=O)O. The standard InChI is InChI=1S/C26H28ClNS.C6H8O7/c1-3-28(4-2)19-20-29-24-17-15-22(16-18-24)25(21-11-7-5-8-12-21)26(27)23-13-9-6-10-14-23;7-3(8)1-6(13,5(11)12)2-4(9)10/h5-18H,3-4,19-20H2,1-2H3;13H,1-2H2,(H,7,8)(H,9,10)(H,11,12). The fraction of sp³-hybridized carbons (Fsp3) is 0.281. The highest BCUT2D eigenvalue weighted by Crippen LogP contribution is 2.35. The zero-order valence-electron chi connectivity index (χ0n) is 23.6. The Labute approximate surface area is 255 Å². The van der Waals surface area contributed by atoms with Crippen molar-refractivity contribution in [2.24, 2.45) is 0 Å². The fourth-order valence-corrected chi connectivity index (χ4v) is 5.28. The Hall–Kier alpha value is -3.63. The zero-order chi connectivity index (χ0) is 31.1. The number of halogens is 1. The van der Waals surface area contributed by atoms with Gasteiger partial charge in [0.1, 0.15) is 0 Å². The van der Waals surface area contributed by atoms with Crippen LogP contribution in [0.3, 0.4) is 0 Å². The van der Waals surface area contributed by atoms with Crippen molar-refractivity contribution in [2.75, 3.05) is 25.4 Å². The van der Waals surface area contributed by atoms with Crippen LogP contribution in [-0.4, -0.2) is 74.2 Å². The van der Waals surface area contributed by atoms with E-state index in [2.05, 4.69) is 79.4 Å². The van der Waals surface area contributed by atoms with Gasteiger partial charge in [-0.05, 0) is 41.9 Å². The zero-order valence-corrected chi connectivity index (χ0v) is 25.1. The maximum absolute atomic E-state index is 10.3. The van der Waals surface area contributed by atoms with Crippen molar-refractivity contribution >= 4 is 51.9 Å². The molecule has 4 N–H and O–H groups in total. The Kier molecular flexibility index (Phi) is 14.3. The number of benzene rings is 3. The number of hydrogen-bond acceptors (Lipinski definition) is 6. The molecular formula is C32H36ClNO7S. The van der Waals surface area contributed by atoms with Gasteiger partial charge in [0.2, 0.25) is 0 Å². The molecule has 0 heterocycles. The smallest absolute Gasteiger partial charge is 0.336 e. The Morgan fingerprint density at radius 1 is 0.738 bits per heavy atom. The molecule has 3 rings (SSSR count). The molecule has 224 valence electrons. The minimum Gasteiger partial charge on any atom is -0.481 e. The van der Waals surface area contributed by atoms with E-state index in [1.165, 1.54) is 4.90 Å². The van der Waals surface area contributed by atoms with Gasteiger partial charge in [-0.25, -0.2) is 4.79 Å². The summed E-state index contributed by atoms with van der Waals surface area (Å²) < 4.78 is 0. The normalized spacial score (nSPS) is 11.7. The van der Waals surface area contributed by atoms with E-state index >= 15 is 0 Å². The van der Waals surface area contributed by atoms with E-state index < -0.39 is 36.4 Å². The first-order valence-electron chi connectivity index (χ1n) is 13.4. The summed E-state index contributed by atoms with van der Waals surface area (Å²) in [7, 11) is 0. The minimum absolute atomic E-state index is 0.777. The molecule has 42 heavy (non-hydrogen) atoms. The summed E-state index contributed by atoms with van der Waals surface area (Å²) in [5.41, 5.74) is 1.63. The molecule has 0 fully saturated rings. The molecule has 0 saturated heterocycles. The topological polar surface area (TPSA) is 135 Å². The van der Waals surface area contributed by atoms with Gasteiger partial charge in [0.15, 0.2) is 5.60 Å². The van der Waals surface area contributed by atoms with E-state index in [0.717, 1.165) is 52.7 Å². The maximum Gasteiger partial charge on any atom is 0.336 e. The van der Waals surface area contributed by atoms with E-state index in [9.17, 15) is 14.4 Å². The predicted octanol–water partition coefficient (Wildman–Crippen LogP) is 6.03. The molecule has 0 bridgehead atoms. The maximum atomic E-state index is 10.3. The summed E-state index contributed by atoms with van der Waals surface area (Å²) in [5.74, 6) is -3.91. The van der Waals surface area contributed by atoms with Crippen molar-refractivity contribution in [3.05, 3.63) is 102 Å². The van der Waals surface area contributed by atoms with Crippen molar-refractivity contribution in [1.29, 1.82) is 0 Å². The Bertz CT molecular complexity index is 1310. The van der Waals surface area contributed by atoms with E-state index in [-0.39, 0.29) is 0 Å². The molecule has 0 unspecified atom stereocenters. The van der Waals surface area contributed by atoms with Crippen LogP contribution < -0.4 is 0 Å². The lowest BCUT2D eigenvalue weighted by Gasteiger charge is -2.18. The number of aliphatic hydroxyl groups is 1. The van der Waals surface area contributed by atoms with E-state index in [1.54, 1.807) is 0 Å². The van der Waals surface area contributed by atoms with Gasteiger partial charge in [0.25, 0.3) is 0 Å². The van der Waals surface area contributed by atoms with Crippen LogP contribution in [0.5, 0.6) is 0 Å². The molecule has 0 aliphatic heterocycles. The first-order valence-corrected chi connectivity index (χ1v) is 14.7. The van der Waals surface area contributed by atoms with Gasteiger partial charge in [-0.1, -0.05) is 98.2 Å². The largest absolute Gasteiger partial charge is 0.481 e. The number of carboxylic acids is 3.